The molecule has 2 atom stereocenters. The number of carbonyl (C=O) groups excluding carboxylic acids is 3. The first-order chi connectivity index (χ1) is 31.8. The van der Waals surface area contributed by atoms with Gasteiger partial charge in [-0.3, -0.25) is 9.59 Å². The van der Waals surface area contributed by atoms with E-state index in [1.54, 1.807) is 0 Å². The van der Waals surface area contributed by atoms with E-state index in [1.807, 2.05) is 0 Å². The molecule has 0 aliphatic rings. The molecule has 0 saturated carbocycles. The lowest BCUT2D eigenvalue weighted by Crippen LogP contribution is -2.41. The van der Waals surface area contributed by atoms with Crippen LogP contribution in [0.15, 0.2) is 0 Å². The largest absolute Gasteiger partial charge is 0.465 e. The number of carbonyl (C=O) groups is 3. The van der Waals surface area contributed by atoms with Gasteiger partial charge >= 0.3 is 18.0 Å². The maximum absolute atomic E-state index is 13.0. The van der Waals surface area contributed by atoms with Gasteiger partial charge in [0.15, 0.2) is 0 Å². The summed E-state index contributed by atoms with van der Waals surface area (Å²) in [5.74, 6) is 0.285. The molecule has 386 valence electrons. The third-order valence-corrected chi connectivity index (χ3v) is 13.3. The van der Waals surface area contributed by atoms with Crippen molar-refractivity contribution in [2.24, 2.45) is 11.8 Å². The summed E-state index contributed by atoms with van der Waals surface area (Å²) in [5.41, 5.74) is 0. The van der Waals surface area contributed by atoms with E-state index < -0.39 is 0 Å². The number of hydrogen-bond donors (Lipinski definition) is 2. The lowest BCUT2D eigenvalue weighted by atomic mass is 9.94. The van der Waals surface area contributed by atoms with Gasteiger partial charge in [0.1, 0.15) is 0 Å². The van der Waals surface area contributed by atoms with Gasteiger partial charge in [0.05, 0.1) is 25.0 Å². The number of amides is 2. The summed E-state index contributed by atoms with van der Waals surface area (Å²) in [4.78, 5) is 43.1. The van der Waals surface area contributed by atoms with Gasteiger partial charge in [-0.1, -0.05) is 207 Å². The summed E-state index contributed by atoms with van der Waals surface area (Å²) < 4.78 is 11.7. The molecule has 0 aromatic rings. The predicted molar refractivity (Wildman–Crippen MR) is 279 cm³/mol. The van der Waals surface area contributed by atoms with Gasteiger partial charge in [0.2, 0.25) is 0 Å². The summed E-state index contributed by atoms with van der Waals surface area (Å²) >= 11 is 0. The number of nitrogens with one attached hydrogen (secondary N) is 2. The molecule has 2 unspecified atom stereocenters. The molecule has 65 heavy (non-hydrogen) atoms. The van der Waals surface area contributed by atoms with E-state index in [0.717, 1.165) is 110 Å². The Bertz CT molecular complexity index is 967. The zero-order valence-electron chi connectivity index (χ0n) is 44.4. The second kappa shape index (κ2) is 50.0. The van der Waals surface area contributed by atoms with E-state index in [1.165, 1.54) is 154 Å². The van der Waals surface area contributed by atoms with Gasteiger partial charge < -0.3 is 29.9 Å². The van der Waals surface area contributed by atoms with Gasteiger partial charge in [-0.25, -0.2) is 4.79 Å². The fraction of sp³-hybridized carbons (Fsp3) is 0.946. The summed E-state index contributed by atoms with van der Waals surface area (Å²) in [6.07, 6.45) is 43.5. The number of ether oxygens (including phenoxy) is 2. The molecule has 0 fully saturated rings. The lowest BCUT2D eigenvalue weighted by molar-refractivity contribution is -0.150. The second-order valence-electron chi connectivity index (χ2n) is 20.0. The predicted octanol–water partition coefficient (Wildman–Crippen LogP) is 15.0. The Hall–Kier alpha value is -1.87. The Morgan fingerprint density at radius 3 is 1.08 bits per heavy atom. The van der Waals surface area contributed by atoms with E-state index in [-0.39, 0.29) is 29.8 Å². The summed E-state index contributed by atoms with van der Waals surface area (Å²) in [7, 11) is 4.11. The quantitative estimate of drug-likeness (QED) is 0.0463. The normalized spacial score (nSPS) is 12.5. The summed E-state index contributed by atoms with van der Waals surface area (Å²) in [6.45, 7) is 15.4. The molecule has 2 N–H and O–H groups in total. The average molecular weight is 922 g/mol. The molecule has 0 saturated heterocycles. The molecule has 0 bridgehead atoms. The number of esters is 2. The number of unbranched alkanes of at least 4 members (excludes halogenated alkanes) is 26. The van der Waals surface area contributed by atoms with Crippen molar-refractivity contribution >= 4 is 18.0 Å². The van der Waals surface area contributed by atoms with Gasteiger partial charge in [0, 0.05) is 19.6 Å². The van der Waals surface area contributed by atoms with Crippen LogP contribution < -0.4 is 10.6 Å². The SMILES string of the molecule is CCCCCCCCC(CCCCCC)C(=O)OCCCCCCCCN(CCCCCCCCOC(=O)C(CCCCCC)CCCCCCCC)CCNC(=O)NCCCN(C)C. The third-order valence-electron chi connectivity index (χ3n) is 13.3. The van der Waals surface area contributed by atoms with Crippen molar-refractivity contribution in [3.8, 4) is 0 Å². The van der Waals surface area contributed by atoms with Crippen molar-refractivity contribution in [2.75, 3.05) is 66.6 Å². The fourth-order valence-electron chi connectivity index (χ4n) is 8.93. The number of hydrogen-bond acceptors (Lipinski definition) is 7. The Morgan fingerprint density at radius 1 is 0.369 bits per heavy atom. The van der Waals surface area contributed by atoms with Crippen molar-refractivity contribution in [3.05, 3.63) is 0 Å². The highest BCUT2D eigenvalue weighted by molar-refractivity contribution is 5.73. The second-order valence-corrected chi connectivity index (χ2v) is 20.0. The highest BCUT2D eigenvalue weighted by Crippen LogP contribution is 2.22. The van der Waals surface area contributed by atoms with Crippen molar-refractivity contribution < 1.29 is 23.9 Å². The van der Waals surface area contributed by atoms with Crippen molar-refractivity contribution in [2.45, 2.75) is 265 Å². The Labute approximate surface area is 404 Å². The first-order valence-electron chi connectivity index (χ1n) is 28.5. The lowest BCUT2D eigenvalue weighted by Gasteiger charge is -2.22. The van der Waals surface area contributed by atoms with Crippen LogP contribution in [0.3, 0.4) is 0 Å². The monoisotopic (exact) mass is 921 g/mol. The van der Waals surface area contributed by atoms with E-state index in [0.29, 0.717) is 26.3 Å². The minimum atomic E-state index is -0.0688. The fourth-order valence-corrected chi connectivity index (χ4v) is 8.93. The zero-order valence-corrected chi connectivity index (χ0v) is 44.4. The molecule has 0 rings (SSSR count). The van der Waals surface area contributed by atoms with E-state index in [9.17, 15) is 14.4 Å². The van der Waals surface area contributed by atoms with Crippen LogP contribution in [0.2, 0.25) is 0 Å². The van der Waals surface area contributed by atoms with E-state index in [2.05, 4.69) is 62.2 Å². The first-order valence-corrected chi connectivity index (χ1v) is 28.5. The van der Waals surface area contributed by atoms with Crippen LogP contribution in [0, 0.1) is 11.8 Å². The number of rotatable bonds is 51. The van der Waals surface area contributed by atoms with Crippen LogP contribution in [0.1, 0.15) is 265 Å². The molecular formula is C56H112N4O5. The minimum Gasteiger partial charge on any atom is -0.465 e. The molecule has 9 nitrogen and oxygen atoms in total. The van der Waals surface area contributed by atoms with E-state index in [4.69, 9.17) is 9.47 Å². The molecule has 0 spiro atoms. The number of urea groups is 1. The van der Waals surface area contributed by atoms with Crippen LogP contribution in [0.4, 0.5) is 4.79 Å². The maximum atomic E-state index is 13.0. The third kappa shape index (κ3) is 44.4. The Kier molecular flexibility index (Phi) is 48.6. The zero-order chi connectivity index (χ0) is 47.7. The van der Waals surface area contributed by atoms with Gasteiger partial charge in [-0.05, 0) is 91.5 Å². The highest BCUT2D eigenvalue weighted by Gasteiger charge is 2.20. The topological polar surface area (TPSA) is 100 Å². The number of nitrogens with zero attached hydrogens (tertiary/aromatic N) is 2. The van der Waals surface area contributed by atoms with E-state index >= 15 is 0 Å². The van der Waals surface area contributed by atoms with Crippen molar-refractivity contribution in [1.29, 1.82) is 0 Å². The molecule has 0 aromatic heterocycles. The van der Waals surface area contributed by atoms with Crippen LogP contribution in [-0.2, 0) is 19.1 Å². The first kappa shape index (κ1) is 63.1. The average Bonchev–Trinajstić information content (AvgIpc) is 3.29. The van der Waals surface area contributed by atoms with Gasteiger partial charge in [0.25, 0.3) is 0 Å². The maximum Gasteiger partial charge on any atom is 0.314 e. The molecule has 0 aromatic carbocycles. The van der Waals surface area contributed by atoms with Crippen molar-refractivity contribution in [1.82, 2.24) is 20.4 Å². The van der Waals surface area contributed by atoms with Crippen LogP contribution in [0.5, 0.6) is 0 Å². The van der Waals surface area contributed by atoms with Crippen LogP contribution in [-0.4, -0.2) is 94.3 Å². The van der Waals surface area contributed by atoms with Crippen molar-refractivity contribution in [3.63, 3.8) is 0 Å². The van der Waals surface area contributed by atoms with Crippen LogP contribution in [0.25, 0.3) is 0 Å². The molecule has 0 aliphatic heterocycles. The Morgan fingerprint density at radius 2 is 0.692 bits per heavy atom. The standard InChI is InChI=1S/C56H112N4O5/c1-7-11-15-19-25-33-42-52(40-31-17-13-9-3)54(61)64-50-37-29-23-21-27-35-47-60(49-45-58-56(63)57-44-39-46-59(5)6)48-36-28-22-24-30-38-51-65-55(62)53(41-32-18-14-10-4)43-34-26-20-16-12-8-2/h52-53H,7-51H2,1-6H3,(H2,57,58,63). The van der Waals surface area contributed by atoms with Crippen LogP contribution >= 0.6 is 0 Å². The smallest absolute Gasteiger partial charge is 0.314 e. The summed E-state index contributed by atoms with van der Waals surface area (Å²) in [6, 6.07) is -0.0688. The minimum absolute atomic E-state index is 0.0553. The Balaban J connectivity index is 4.58. The molecule has 2 amide bonds. The molecule has 0 radical (unpaired) electrons. The molecule has 0 aliphatic carbocycles. The molecule has 9 heteroatoms. The van der Waals surface area contributed by atoms with Gasteiger partial charge in [-0.15, -0.1) is 0 Å². The molecule has 0 heterocycles. The van der Waals surface area contributed by atoms with Gasteiger partial charge in [-0.2, -0.15) is 0 Å². The molecular weight excluding hydrogens is 809 g/mol. The highest BCUT2D eigenvalue weighted by atomic mass is 16.5. The summed E-state index contributed by atoms with van der Waals surface area (Å²) in [5, 5.41) is 6.08.